The molecule has 1 N–H and O–H groups in total. The standard InChI is InChI=1S/C17H19NOS/c1-3-18-13(2)15-7-4-14(5-8-15)6-9-16-10-11-17(12-19)20-16/h4-13,18H,3H2,1-2H3. The Bertz CT molecular complexity index is 583. The number of nitrogens with one attached hydrogen (secondary N) is 1. The third-order valence-electron chi connectivity index (χ3n) is 3.15. The number of hydrogen-bond acceptors (Lipinski definition) is 3. The van der Waals surface area contributed by atoms with Crippen molar-refractivity contribution in [3.8, 4) is 0 Å². The number of benzene rings is 1. The first-order valence-electron chi connectivity index (χ1n) is 6.79. The Kier molecular flexibility index (Phi) is 5.27. The zero-order valence-electron chi connectivity index (χ0n) is 11.8. The predicted molar refractivity (Wildman–Crippen MR) is 87.2 cm³/mol. The molecule has 0 spiro atoms. The van der Waals surface area contributed by atoms with Crippen molar-refractivity contribution in [2.24, 2.45) is 0 Å². The average Bonchev–Trinajstić information content (AvgIpc) is 2.94. The molecule has 0 fully saturated rings. The Hall–Kier alpha value is -1.71. The number of hydrogen-bond donors (Lipinski definition) is 1. The molecule has 2 rings (SSSR count). The van der Waals surface area contributed by atoms with Crippen molar-refractivity contribution >= 4 is 29.8 Å². The van der Waals surface area contributed by atoms with E-state index in [0.717, 1.165) is 22.6 Å². The van der Waals surface area contributed by atoms with E-state index in [1.807, 2.05) is 18.2 Å². The molecule has 1 heterocycles. The van der Waals surface area contributed by atoms with Crippen molar-refractivity contribution in [1.82, 2.24) is 5.32 Å². The smallest absolute Gasteiger partial charge is 0.160 e. The lowest BCUT2D eigenvalue weighted by Gasteiger charge is -2.12. The first-order valence-corrected chi connectivity index (χ1v) is 7.61. The van der Waals surface area contributed by atoms with Gasteiger partial charge >= 0.3 is 0 Å². The lowest BCUT2D eigenvalue weighted by molar-refractivity contribution is 0.112. The summed E-state index contributed by atoms with van der Waals surface area (Å²) in [6.45, 7) is 5.25. The third kappa shape index (κ3) is 3.89. The van der Waals surface area contributed by atoms with Crippen LogP contribution in [0, 0.1) is 0 Å². The molecule has 104 valence electrons. The van der Waals surface area contributed by atoms with Crippen molar-refractivity contribution in [2.45, 2.75) is 19.9 Å². The van der Waals surface area contributed by atoms with E-state index in [1.54, 1.807) is 0 Å². The van der Waals surface area contributed by atoms with Crippen LogP contribution in [0.3, 0.4) is 0 Å². The summed E-state index contributed by atoms with van der Waals surface area (Å²) in [4.78, 5) is 12.5. The molecule has 2 aromatic rings. The summed E-state index contributed by atoms with van der Waals surface area (Å²) in [5.41, 5.74) is 2.46. The van der Waals surface area contributed by atoms with Crippen LogP contribution in [0.15, 0.2) is 36.4 Å². The van der Waals surface area contributed by atoms with Gasteiger partial charge in [0.2, 0.25) is 0 Å². The summed E-state index contributed by atoms with van der Waals surface area (Å²) in [6, 6.07) is 12.7. The molecule has 1 unspecified atom stereocenters. The molecule has 0 aliphatic rings. The van der Waals surface area contributed by atoms with Crippen LogP contribution < -0.4 is 5.32 Å². The van der Waals surface area contributed by atoms with Gasteiger partial charge in [0, 0.05) is 10.9 Å². The van der Waals surface area contributed by atoms with E-state index in [1.165, 1.54) is 22.5 Å². The summed E-state index contributed by atoms with van der Waals surface area (Å²) in [5.74, 6) is 0. The lowest BCUT2D eigenvalue weighted by atomic mass is 10.1. The minimum Gasteiger partial charge on any atom is -0.310 e. The van der Waals surface area contributed by atoms with Crippen LogP contribution in [0.25, 0.3) is 12.2 Å². The molecule has 1 aromatic heterocycles. The van der Waals surface area contributed by atoms with Crippen LogP contribution in [0.2, 0.25) is 0 Å². The van der Waals surface area contributed by atoms with Crippen molar-refractivity contribution in [2.75, 3.05) is 6.54 Å². The molecule has 1 aromatic carbocycles. The molecule has 0 radical (unpaired) electrons. The Balaban J connectivity index is 2.04. The highest BCUT2D eigenvalue weighted by Crippen LogP contribution is 2.19. The van der Waals surface area contributed by atoms with E-state index >= 15 is 0 Å². The van der Waals surface area contributed by atoms with Gasteiger partial charge in [-0.3, -0.25) is 4.79 Å². The largest absolute Gasteiger partial charge is 0.310 e. The zero-order chi connectivity index (χ0) is 14.4. The van der Waals surface area contributed by atoms with Gasteiger partial charge in [0.15, 0.2) is 6.29 Å². The van der Waals surface area contributed by atoms with Gasteiger partial charge < -0.3 is 5.32 Å². The molecule has 0 saturated carbocycles. The first-order chi connectivity index (χ1) is 9.72. The summed E-state index contributed by atoms with van der Waals surface area (Å²) in [5, 5.41) is 3.40. The van der Waals surface area contributed by atoms with E-state index < -0.39 is 0 Å². The second-order valence-corrected chi connectivity index (χ2v) is 5.78. The van der Waals surface area contributed by atoms with E-state index in [-0.39, 0.29) is 0 Å². The molecule has 2 nitrogen and oxygen atoms in total. The van der Waals surface area contributed by atoms with Gasteiger partial charge in [-0.1, -0.05) is 37.3 Å². The highest BCUT2D eigenvalue weighted by molar-refractivity contribution is 7.14. The molecule has 20 heavy (non-hydrogen) atoms. The van der Waals surface area contributed by atoms with Crippen LogP contribution >= 0.6 is 11.3 Å². The summed E-state index contributed by atoms with van der Waals surface area (Å²) < 4.78 is 0. The fraction of sp³-hybridized carbons (Fsp3) is 0.235. The topological polar surface area (TPSA) is 29.1 Å². The predicted octanol–water partition coefficient (Wildman–Crippen LogP) is 4.40. The highest BCUT2D eigenvalue weighted by atomic mass is 32.1. The van der Waals surface area contributed by atoms with Crippen LogP contribution in [0.1, 0.15) is 45.6 Å². The summed E-state index contributed by atoms with van der Waals surface area (Å²) >= 11 is 1.50. The van der Waals surface area contributed by atoms with Gasteiger partial charge in [-0.2, -0.15) is 0 Å². The van der Waals surface area contributed by atoms with Gasteiger partial charge in [-0.25, -0.2) is 0 Å². The summed E-state index contributed by atoms with van der Waals surface area (Å²) in [7, 11) is 0. The minimum atomic E-state index is 0.380. The second kappa shape index (κ2) is 7.17. The molecule has 3 heteroatoms. The van der Waals surface area contributed by atoms with E-state index in [0.29, 0.717) is 6.04 Å². The SMILES string of the molecule is CCNC(C)c1ccc(C=Cc2ccc(C=O)s2)cc1. The van der Waals surface area contributed by atoms with Gasteiger partial charge in [-0.15, -0.1) is 11.3 Å². The molecule has 0 saturated heterocycles. The number of rotatable bonds is 6. The van der Waals surface area contributed by atoms with Crippen molar-refractivity contribution in [3.05, 3.63) is 57.3 Å². The zero-order valence-corrected chi connectivity index (χ0v) is 12.6. The molecule has 0 aliphatic heterocycles. The Morgan fingerprint density at radius 1 is 1.10 bits per heavy atom. The van der Waals surface area contributed by atoms with E-state index in [2.05, 4.69) is 49.5 Å². The van der Waals surface area contributed by atoms with Crippen LogP contribution in [0.4, 0.5) is 0 Å². The van der Waals surface area contributed by atoms with Crippen LogP contribution in [-0.4, -0.2) is 12.8 Å². The van der Waals surface area contributed by atoms with Gasteiger partial charge in [0.1, 0.15) is 0 Å². The van der Waals surface area contributed by atoms with Crippen molar-refractivity contribution in [1.29, 1.82) is 0 Å². The Morgan fingerprint density at radius 2 is 1.80 bits per heavy atom. The van der Waals surface area contributed by atoms with Gasteiger partial charge in [0.25, 0.3) is 0 Å². The van der Waals surface area contributed by atoms with E-state index in [9.17, 15) is 4.79 Å². The fourth-order valence-electron chi connectivity index (χ4n) is 2.02. The number of thiophene rings is 1. The van der Waals surface area contributed by atoms with Crippen molar-refractivity contribution < 1.29 is 4.79 Å². The summed E-state index contributed by atoms with van der Waals surface area (Å²) in [6.07, 6.45) is 5.00. The maximum atomic E-state index is 10.6. The third-order valence-corrected chi connectivity index (χ3v) is 4.13. The number of carbonyl (C=O) groups is 1. The molecule has 0 amide bonds. The molecule has 1 atom stereocenters. The van der Waals surface area contributed by atoms with Crippen LogP contribution in [0.5, 0.6) is 0 Å². The highest BCUT2D eigenvalue weighted by Gasteiger charge is 2.02. The fourth-order valence-corrected chi connectivity index (χ4v) is 2.75. The second-order valence-electron chi connectivity index (χ2n) is 4.64. The normalized spacial score (nSPS) is 12.7. The van der Waals surface area contributed by atoms with Gasteiger partial charge in [-0.05, 0) is 42.8 Å². The maximum Gasteiger partial charge on any atom is 0.160 e. The number of aldehydes is 1. The molecule has 0 aliphatic carbocycles. The Morgan fingerprint density at radius 3 is 2.40 bits per heavy atom. The van der Waals surface area contributed by atoms with E-state index in [4.69, 9.17) is 0 Å². The van der Waals surface area contributed by atoms with Gasteiger partial charge in [0.05, 0.1) is 4.88 Å². The lowest BCUT2D eigenvalue weighted by Crippen LogP contribution is -2.17. The minimum absolute atomic E-state index is 0.380. The number of carbonyl (C=O) groups excluding carboxylic acids is 1. The monoisotopic (exact) mass is 285 g/mol. The molecular formula is C17H19NOS. The molecular weight excluding hydrogens is 266 g/mol. The quantitative estimate of drug-likeness (QED) is 0.797. The van der Waals surface area contributed by atoms with Crippen LogP contribution in [-0.2, 0) is 0 Å². The first kappa shape index (κ1) is 14.7. The Labute approximate surface area is 124 Å². The van der Waals surface area contributed by atoms with Crippen molar-refractivity contribution in [3.63, 3.8) is 0 Å². The molecule has 0 bridgehead atoms. The maximum absolute atomic E-state index is 10.6. The average molecular weight is 285 g/mol.